The van der Waals surface area contributed by atoms with Gasteiger partial charge in [0.15, 0.2) is 0 Å². The highest BCUT2D eigenvalue weighted by atomic mass is 16.5. The third kappa shape index (κ3) is 3.15. The van der Waals surface area contributed by atoms with Gasteiger partial charge in [0, 0.05) is 24.7 Å². The van der Waals surface area contributed by atoms with Crippen LogP contribution in [-0.4, -0.2) is 22.0 Å². The Bertz CT molecular complexity index is 529. The molecule has 1 unspecified atom stereocenters. The molecule has 0 fully saturated rings. The first-order chi connectivity index (χ1) is 9.05. The lowest BCUT2D eigenvalue weighted by Crippen LogP contribution is -2.23. The van der Waals surface area contributed by atoms with Crippen molar-refractivity contribution in [3.8, 4) is 5.75 Å². The Morgan fingerprint density at radius 3 is 2.53 bits per heavy atom. The summed E-state index contributed by atoms with van der Waals surface area (Å²) in [7, 11) is 1.64. The standard InChI is InChI=1S/C15H20N2O2/c1-4-17-11-13(10-16-17)15(2,18)9-12-5-7-14(19-3)8-6-12/h5-8,10-11,18H,4,9H2,1-3H3. The molecule has 1 N–H and O–H groups in total. The Kier molecular flexibility index (Phi) is 3.90. The zero-order chi connectivity index (χ0) is 13.9. The van der Waals surface area contributed by atoms with Crippen molar-refractivity contribution in [1.29, 1.82) is 0 Å². The number of aryl methyl sites for hydroxylation is 1. The Morgan fingerprint density at radius 1 is 1.32 bits per heavy atom. The summed E-state index contributed by atoms with van der Waals surface area (Å²) in [6.07, 6.45) is 4.17. The molecule has 1 atom stereocenters. The van der Waals surface area contributed by atoms with Gasteiger partial charge in [-0.25, -0.2) is 0 Å². The SMILES string of the molecule is CCn1cc(C(C)(O)Cc2ccc(OC)cc2)cn1. The highest BCUT2D eigenvalue weighted by molar-refractivity contribution is 5.29. The van der Waals surface area contributed by atoms with E-state index in [4.69, 9.17) is 4.74 Å². The van der Waals surface area contributed by atoms with Crippen LogP contribution in [0.4, 0.5) is 0 Å². The number of rotatable bonds is 5. The number of aliphatic hydroxyl groups is 1. The van der Waals surface area contributed by atoms with Crippen molar-refractivity contribution >= 4 is 0 Å². The van der Waals surface area contributed by atoms with Crippen LogP contribution in [0.25, 0.3) is 0 Å². The second kappa shape index (κ2) is 5.45. The van der Waals surface area contributed by atoms with Crippen LogP contribution in [-0.2, 0) is 18.6 Å². The van der Waals surface area contributed by atoms with Crippen LogP contribution in [0.1, 0.15) is 25.0 Å². The van der Waals surface area contributed by atoms with Gasteiger partial charge in [-0.3, -0.25) is 4.68 Å². The van der Waals surface area contributed by atoms with Crippen molar-refractivity contribution < 1.29 is 9.84 Å². The Labute approximate surface area is 113 Å². The fraction of sp³-hybridized carbons (Fsp3) is 0.400. The average Bonchev–Trinajstić information content (AvgIpc) is 2.89. The molecule has 0 radical (unpaired) electrons. The smallest absolute Gasteiger partial charge is 0.118 e. The Morgan fingerprint density at radius 2 is 2.00 bits per heavy atom. The van der Waals surface area contributed by atoms with Crippen LogP contribution in [0.15, 0.2) is 36.7 Å². The van der Waals surface area contributed by atoms with Crippen molar-refractivity contribution in [3.63, 3.8) is 0 Å². The molecular formula is C15H20N2O2. The quantitative estimate of drug-likeness (QED) is 0.897. The van der Waals surface area contributed by atoms with Gasteiger partial charge in [-0.05, 0) is 31.5 Å². The molecule has 4 nitrogen and oxygen atoms in total. The monoisotopic (exact) mass is 260 g/mol. The lowest BCUT2D eigenvalue weighted by molar-refractivity contribution is 0.0575. The van der Waals surface area contributed by atoms with Crippen LogP contribution in [0.5, 0.6) is 5.75 Å². The molecule has 0 saturated carbocycles. The van der Waals surface area contributed by atoms with E-state index < -0.39 is 5.60 Å². The van der Waals surface area contributed by atoms with Gasteiger partial charge < -0.3 is 9.84 Å². The molecule has 0 amide bonds. The molecule has 1 heterocycles. The second-order valence-corrected chi connectivity index (χ2v) is 4.88. The van der Waals surface area contributed by atoms with Gasteiger partial charge in [0.1, 0.15) is 5.75 Å². The van der Waals surface area contributed by atoms with Crippen LogP contribution < -0.4 is 4.74 Å². The van der Waals surface area contributed by atoms with E-state index in [-0.39, 0.29) is 0 Å². The lowest BCUT2D eigenvalue weighted by atomic mass is 9.91. The minimum atomic E-state index is -0.915. The molecular weight excluding hydrogens is 240 g/mol. The minimum absolute atomic E-state index is 0.548. The Balaban J connectivity index is 2.15. The van der Waals surface area contributed by atoms with Gasteiger partial charge in [0.25, 0.3) is 0 Å². The molecule has 1 aromatic heterocycles. The van der Waals surface area contributed by atoms with E-state index in [0.717, 1.165) is 23.4 Å². The number of ether oxygens (including phenoxy) is 1. The predicted octanol–water partition coefficient (Wildman–Crippen LogP) is 2.36. The summed E-state index contributed by atoms with van der Waals surface area (Å²) in [5, 5.41) is 14.8. The molecule has 0 bridgehead atoms. The maximum atomic E-state index is 10.6. The van der Waals surface area contributed by atoms with E-state index in [1.165, 1.54) is 0 Å². The van der Waals surface area contributed by atoms with Gasteiger partial charge in [-0.1, -0.05) is 12.1 Å². The lowest BCUT2D eigenvalue weighted by Gasteiger charge is -2.22. The number of benzene rings is 1. The van der Waals surface area contributed by atoms with E-state index >= 15 is 0 Å². The number of hydrogen-bond acceptors (Lipinski definition) is 3. The largest absolute Gasteiger partial charge is 0.497 e. The molecule has 2 aromatic rings. The van der Waals surface area contributed by atoms with Crippen LogP contribution >= 0.6 is 0 Å². The number of hydrogen-bond donors (Lipinski definition) is 1. The summed E-state index contributed by atoms with van der Waals surface area (Å²) in [6, 6.07) is 7.75. The molecule has 4 heteroatoms. The summed E-state index contributed by atoms with van der Waals surface area (Å²) in [6.45, 7) is 4.64. The highest BCUT2D eigenvalue weighted by Crippen LogP contribution is 2.25. The van der Waals surface area contributed by atoms with Crippen molar-refractivity contribution in [2.24, 2.45) is 0 Å². The van der Waals surface area contributed by atoms with Crippen LogP contribution in [0.2, 0.25) is 0 Å². The molecule has 0 saturated heterocycles. The summed E-state index contributed by atoms with van der Waals surface area (Å²) in [5.74, 6) is 0.821. The molecule has 0 spiro atoms. The first-order valence-corrected chi connectivity index (χ1v) is 6.43. The predicted molar refractivity (Wildman–Crippen MR) is 74.2 cm³/mol. The zero-order valence-electron chi connectivity index (χ0n) is 11.6. The van der Waals surface area contributed by atoms with E-state index in [9.17, 15) is 5.11 Å². The molecule has 0 aliphatic carbocycles. The topological polar surface area (TPSA) is 47.3 Å². The van der Waals surface area contributed by atoms with Gasteiger partial charge >= 0.3 is 0 Å². The van der Waals surface area contributed by atoms with Crippen molar-refractivity contribution in [2.75, 3.05) is 7.11 Å². The summed E-state index contributed by atoms with van der Waals surface area (Å²) < 4.78 is 6.94. The van der Waals surface area contributed by atoms with E-state index in [1.54, 1.807) is 13.3 Å². The maximum absolute atomic E-state index is 10.6. The minimum Gasteiger partial charge on any atom is -0.497 e. The number of aromatic nitrogens is 2. The summed E-state index contributed by atoms with van der Waals surface area (Å²) in [5.41, 5.74) is 0.988. The van der Waals surface area contributed by atoms with Gasteiger partial charge in [0.05, 0.1) is 18.9 Å². The molecule has 0 aliphatic rings. The van der Waals surface area contributed by atoms with Gasteiger partial charge in [-0.15, -0.1) is 0 Å². The van der Waals surface area contributed by atoms with Gasteiger partial charge in [-0.2, -0.15) is 5.10 Å². The number of nitrogens with zero attached hydrogens (tertiary/aromatic N) is 2. The first-order valence-electron chi connectivity index (χ1n) is 6.43. The number of methoxy groups -OCH3 is 1. The maximum Gasteiger partial charge on any atom is 0.118 e. The average molecular weight is 260 g/mol. The van der Waals surface area contributed by atoms with Crippen molar-refractivity contribution in [3.05, 3.63) is 47.8 Å². The molecule has 2 rings (SSSR count). The molecule has 19 heavy (non-hydrogen) atoms. The fourth-order valence-electron chi connectivity index (χ4n) is 2.06. The summed E-state index contributed by atoms with van der Waals surface area (Å²) in [4.78, 5) is 0. The molecule has 102 valence electrons. The van der Waals surface area contributed by atoms with E-state index in [0.29, 0.717) is 6.42 Å². The first kappa shape index (κ1) is 13.6. The van der Waals surface area contributed by atoms with Crippen molar-refractivity contribution in [1.82, 2.24) is 9.78 Å². The van der Waals surface area contributed by atoms with E-state index in [1.807, 2.05) is 49.0 Å². The van der Waals surface area contributed by atoms with Gasteiger partial charge in [0.2, 0.25) is 0 Å². The van der Waals surface area contributed by atoms with Crippen LogP contribution in [0.3, 0.4) is 0 Å². The fourth-order valence-corrected chi connectivity index (χ4v) is 2.06. The Hall–Kier alpha value is -1.81. The molecule has 0 aliphatic heterocycles. The normalized spacial score (nSPS) is 14.1. The molecule has 1 aromatic carbocycles. The van der Waals surface area contributed by atoms with E-state index in [2.05, 4.69) is 5.10 Å². The third-order valence-corrected chi connectivity index (χ3v) is 3.29. The second-order valence-electron chi connectivity index (χ2n) is 4.88. The zero-order valence-corrected chi connectivity index (χ0v) is 11.6. The highest BCUT2D eigenvalue weighted by Gasteiger charge is 2.25. The third-order valence-electron chi connectivity index (χ3n) is 3.29. The van der Waals surface area contributed by atoms with Crippen molar-refractivity contribution in [2.45, 2.75) is 32.4 Å². The summed E-state index contributed by atoms with van der Waals surface area (Å²) >= 11 is 0. The van der Waals surface area contributed by atoms with Crippen LogP contribution in [0, 0.1) is 0 Å².